The number of halogens is 1. The van der Waals surface area contributed by atoms with E-state index in [1.54, 1.807) is 0 Å². The highest BCUT2D eigenvalue weighted by Gasteiger charge is 2.32. The number of hydrogen-bond donors (Lipinski definition) is 1. The Labute approximate surface area is 120 Å². The van der Waals surface area contributed by atoms with Crippen LogP contribution >= 0.6 is 11.6 Å². The van der Waals surface area contributed by atoms with E-state index in [4.69, 9.17) is 16.3 Å². The minimum absolute atomic E-state index is 0.0956. The Kier molecular flexibility index (Phi) is 4.20. The number of ether oxygens (including phenoxy) is 1. The van der Waals surface area contributed by atoms with Crippen molar-refractivity contribution in [3.8, 4) is 0 Å². The number of carbonyl (C=O) groups is 1. The summed E-state index contributed by atoms with van der Waals surface area (Å²) in [4.78, 5) is 26.2. The van der Waals surface area contributed by atoms with Crippen molar-refractivity contribution in [2.24, 2.45) is 0 Å². The maximum absolute atomic E-state index is 12.2. The van der Waals surface area contributed by atoms with Crippen molar-refractivity contribution in [2.45, 2.75) is 25.3 Å². The molecule has 0 saturated carbocycles. The van der Waals surface area contributed by atoms with Crippen molar-refractivity contribution in [2.75, 3.05) is 13.2 Å². The number of nitrogens with one attached hydrogen (secondary N) is 1. The fourth-order valence-electron chi connectivity index (χ4n) is 2.16. The predicted molar refractivity (Wildman–Crippen MR) is 71.8 cm³/mol. The zero-order valence-electron chi connectivity index (χ0n) is 10.9. The van der Waals surface area contributed by atoms with Crippen LogP contribution in [0.5, 0.6) is 0 Å². The Morgan fingerprint density at radius 3 is 3.00 bits per heavy atom. The second-order valence-electron chi connectivity index (χ2n) is 4.93. The predicted octanol–water partition coefficient (Wildman–Crippen LogP) is 1.94. The van der Waals surface area contributed by atoms with Gasteiger partial charge in [-0.2, -0.15) is 0 Å². The normalized spacial score (nSPS) is 22.3. The molecule has 1 unspecified atom stereocenters. The number of aromatic nitrogens is 1. The van der Waals surface area contributed by atoms with E-state index in [-0.39, 0.29) is 10.7 Å². The van der Waals surface area contributed by atoms with Gasteiger partial charge in [0.15, 0.2) is 0 Å². The summed E-state index contributed by atoms with van der Waals surface area (Å²) in [6.45, 7) is 2.89. The fourth-order valence-corrected chi connectivity index (χ4v) is 2.39. The summed E-state index contributed by atoms with van der Waals surface area (Å²) >= 11 is 5.69. The van der Waals surface area contributed by atoms with Crippen molar-refractivity contribution in [3.63, 3.8) is 0 Å². The largest absolute Gasteiger partial charge is 0.379 e. The van der Waals surface area contributed by atoms with Crippen molar-refractivity contribution in [1.29, 1.82) is 0 Å². The average Bonchev–Trinajstić information content (AvgIpc) is 2.38. The molecule has 1 atom stereocenters. The minimum Gasteiger partial charge on any atom is -0.379 e. The van der Waals surface area contributed by atoms with Gasteiger partial charge in [0.2, 0.25) is 5.15 Å². The van der Waals surface area contributed by atoms with E-state index in [2.05, 4.69) is 10.3 Å². The van der Waals surface area contributed by atoms with Gasteiger partial charge in [-0.3, -0.25) is 14.9 Å². The number of carbonyl (C=O) groups excluding carboxylic acids is 1. The lowest BCUT2D eigenvalue weighted by molar-refractivity contribution is -0.385. The zero-order valence-corrected chi connectivity index (χ0v) is 11.6. The molecule has 108 valence electrons. The number of pyridine rings is 1. The number of nitrogens with zero attached hydrogens (tertiary/aromatic N) is 2. The molecular weight excluding hydrogens is 286 g/mol. The molecule has 0 aliphatic carbocycles. The third kappa shape index (κ3) is 3.05. The smallest absolute Gasteiger partial charge is 0.319 e. The van der Waals surface area contributed by atoms with Gasteiger partial charge in [0.05, 0.1) is 17.1 Å². The molecule has 20 heavy (non-hydrogen) atoms. The Bertz CT molecular complexity index is 544. The molecule has 1 aromatic rings. The molecule has 7 nitrogen and oxygen atoms in total. The van der Waals surface area contributed by atoms with E-state index in [9.17, 15) is 14.9 Å². The summed E-state index contributed by atoms with van der Waals surface area (Å²) in [5, 5.41) is 13.5. The zero-order chi connectivity index (χ0) is 14.8. The first kappa shape index (κ1) is 14.7. The van der Waals surface area contributed by atoms with Crippen LogP contribution in [0.25, 0.3) is 0 Å². The molecule has 1 amide bonds. The van der Waals surface area contributed by atoms with Crippen molar-refractivity contribution < 1.29 is 14.5 Å². The second-order valence-corrected chi connectivity index (χ2v) is 5.28. The Morgan fingerprint density at radius 2 is 2.40 bits per heavy atom. The molecule has 2 rings (SSSR count). The van der Waals surface area contributed by atoms with Crippen molar-refractivity contribution in [3.05, 3.63) is 33.1 Å². The van der Waals surface area contributed by atoms with Crippen LogP contribution in [-0.2, 0) is 4.74 Å². The van der Waals surface area contributed by atoms with Gasteiger partial charge in [0.1, 0.15) is 5.56 Å². The molecule has 1 saturated heterocycles. The van der Waals surface area contributed by atoms with Gasteiger partial charge in [0.25, 0.3) is 5.91 Å². The summed E-state index contributed by atoms with van der Waals surface area (Å²) in [7, 11) is 0. The summed E-state index contributed by atoms with van der Waals surface area (Å²) in [5.74, 6) is -0.547. The van der Waals surface area contributed by atoms with Crippen LogP contribution in [0.4, 0.5) is 5.69 Å². The van der Waals surface area contributed by atoms with Gasteiger partial charge < -0.3 is 10.1 Å². The monoisotopic (exact) mass is 299 g/mol. The topological polar surface area (TPSA) is 94.4 Å². The molecule has 1 aromatic heterocycles. The third-order valence-corrected chi connectivity index (χ3v) is 3.44. The summed E-state index contributed by atoms with van der Waals surface area (Å²) in [5.41, 5.74) is -1.10. The minimum atomic E-state index is -0.704. The van der Waals surface area contributed by atoms with E-state index in [0.717, 1.165) is 12.8 Å². The van der Waals surface area contributed by atoms with Crippen LogP contribution in [0, 0.1) is 10.1 Å². The Morgan fingerprint density at radius 1 is 1.65 bits per heavy atom. The lowest BCUT2D eigenvalue weighted by atomic mass is 9.94. The number of rotatable bonds is 3. The first-order valence-corrected chi connectivity index (χ1v) is 6.50. The van der Waals surface area contributed by atoms with E-state index in [1.165, 1.54) is 12.3 Å². The molecule has 0 radical (unpaired) electrons. The van der Waals surface area contributed by atoms with Gasteiger partial charge in [-0.25, -0.2) is 4.98 Å². The molecule has 8 heteroatoms. The summed E-state index contributed by atoms with van der Waals surface area (Å²) in [6.07, 6.45) is 2.85. The first-order chi connectivity index (χ1) is 9.43. The SMILES string of the molecule is CC1(NC(=O)c2ccnc(Cl)c2[N+](=O)[O-])CCCOC1. The van der Waals surface area contributed by atoms with Gasteiger partial charge in [-0.1, -0.05) is 11.6 Å². The summed E-state index contributed by atoms with van der Waals surface area (Å²) in [6, 6.07) is 1.28. The van der Waals surface area contributed by atoms with E-state index >= 15 is 0 Å². The molecular formula is C12H14ClN3O4. The average molecular weight is 300 g/mol. The Hall–Kier alpha value is -1.73. The van der Waals surface area contributed by atoms with Crippen molar-refractivity contribution in [1.82, 2.24) is 10.3 Å². The summed E-state index contributed by atoms with van der Waals surface area (Å²) < 4.78 is 5.34. The number of nitro groups is 1. The molecule has 1 N–H and O–H groups in total. The standard InChI is InChI=1S/C12H14ClN3O4/c1-12(4-2-6-20-7-12)15-11(17)8-3-5-14-10(13)9(8)16(18)19/h3,5H,2,4,6-7H2,1H3,(H,15,17). The van der Waals surface area contributed by atoms with Crippen LogP contribution in [0.2, 0.25) is 5.15 Å². The van der Waals surface area contributed by atoms with E-state index < -0.39 is 22.1 Å². The highest BCUT2D eigenvalue weighted by atomic mass is 35.5. The van der Waals surface area contributed by atoms with Crippen LogP contribution in [0.3, 0.4) is 0 Å². The lowest BCUT2D eigenvalue weighted by Gasteiger charge is -2.34. The fraction of sp³-hybridized carbons (Fsp3) is 0.500. The molecule has 0 spiro atoms. The maximum atomic E-state index is 12.2. The maximum Gasteiger partial charge on any atom is 0.319 e. The Balaban J connectivity index is 2.25. The van der Waals surface area contributed by atoms with Gasteiger partial charge >= 0.3 is 5.69 Å². The highest BCUT2D eigenvalue weighted by molar-refractivity contribution is 6.32. The first-order valence-electron chi connectivity index (χ1n) is 6.12. The van der Waals surface area contributed by atoms with Crippen LogP contribution < -0.4 is 5.32 Å². The third-order valence-electron chi connectivity index (χ3n) is 3.16. The lowest BCUT2D eigenvalue weighted by Crippen LogP contribution is -2.51. The highest BCUT2D eigenvalue weighted by Crippen LogP contribution is 2.27. The van der Waals surface area contributed by atoms with Gasteiger partial charge in [-0.15, -0.1) is 0 Å². The van der Waals surface area contributed by atoms with Crippen molar-refractivity contribution >= 4 is 23.2 Å². The molecule has 2 heterocycles. The molecule has 1 aliphatic heterocycles. The van der Waals surface area contributed by atoms with Crippen LogP contribution in [-0.4, -0.2) is 34.6 Å². The number of amides is 1. The quantitative estimate of drug-likeness (QED) is 0.523. The van der Waals surface area contributed by atoms with Gasteiger partial charge in [-0.05, 0) is 25.8 Å². The van der Waals surface area contributed by atoms with Crippen LogP contribution in [0.1, 0.15) is 30.1 Å². The van der Waals surface area contributed by atoms with E-state index in [1.807, 2.05) is 6.92 Å². The second kappa shape index (κ2) is 5.72. The molecule has 0 aromatic carbocycles. The van der Waals surface area contributed by atoms with E-state index in [0.29, 0.717) is 13.2 Å². The van der Waals surface area contributed by atoms with Gasteiger partial charge in [0, 0.05) is 12.8 Å². The molecule has 1 fully saturated rings. The number of hydrogen-bond acceptors (Lipinski definition) is 5. The molecule has 1 aliphatic rings. The van der Waals surface area contributed by atoms with Crippen LogP contribution in [0.15, 0.2) is 12.3 Å². The molecule has 0 bridgehead atoms.